The van der Waals surface area contributed by atoms with Crippen LogP contribution in [0.25, 0.3) is 0 Å². The summed E-state index contributed by atoms with van der Waals surface area (Å²) in [6.45, 7) is 4.57. The number of hydrogen-bond donors (Lipinski definition) is 1. The molecule has 0 amide bonds. The second-order valence-corrected chi connectivity index (χ2v) is 5.37. The van der Waals surface area contributed by atoms with Gasteiger partial charge in [0.15, 0.2) is 0 Å². The quantitative estimate of drug-likeness (QED) is 0.725. The van der Waals surface area contributed by atoms with E-state index in [0.29, 0.717) is 6.61 Å². The number of ether oxygens (including phenoxy) is 1. The summed E-state index contributed by atoms with van der Waals surface area (Å²) in [5.41, 5.74) is 0.956. The zero-order valence-electron chi connectivity index (χ0n) is 10.4. The maximum absolute atomic E-state index is 5.67. The summed E-state index contributed by atoms with van der Waals surface area (Å²) >= 11 is 1.42. The molecular weight excluding hydrogens is 234 g/mol. The van der Waals surface area contributed by atoms with E-state index in [9.17, 15) is 0 Å². The molecular formula is C12H21N3OS. The predicted molar refractivity (Wildman–Crippen MR) is 70.3 cm³/mol. The fourth-order valence-corrected chi connectivity index (χ4v) is 2.47. The van der Waals surface area contributed by atoms with E-state index in [0.717, 1.165) is 36.2 Å². The van der Waals surface area contributed by atoms with Gasteiger partial charge in [-0.2, -0.15) is 0 Å². The first-order chi connectivity index (χ1) is 8.40. The zero-order valence-corrected chi connectivity index (χ0v) is 11.3. The lowest BCUT2D eigenvalue weighted by Crippen LogP contribution is -2.13. The highest BCUT2D eigenvalue weighted by atomic mass is 32.1. The van der Waals surface area contributed by atoms with Crippen molar-refractivity contribution in [3.8, 4) is 0 Å². The minimum atomic E-state index is 0.593. The maximum atomic E-state index is 5.67. The Morgan fingerprint density at radius 3 is 3.06 bits per heavy atom. The monoisotopic (exact) mass is 255 g/mol. The van der Waals surface area contributed by atoms with E-state index in [4.69, 9.17) is 4.74 Å². The summed E-state index contributed by atoms with van der Waals surface area (Å²) in [5, 5.41) is 8.49. The number of nitrogens with zero attached hydrogens (tertiary/aromatic N) is 2. The van der Waals surface area contributed by atoms with Crippen molar-refractivity contribution in [2.24, 2.45) is 5.92 Å². The average Bonchev–Trinajstić information content (AvgIpc) is 2.71. The highest BCUT2D eigenvalue weighted by Gasteiger charge is 2.16. The molecule has 0 radical (unpaired) electrons. The number of rotatable bonds is 8. The molecule has 1 N–H and O–H groups in total. The molecule has 1 aromatic rings. The molecule has 0 atom stereocenters. The Labute approximate surface area is 107 Å². The summed E-state index contributed by atoms with van der Waals surface area (Å²) in [6.07, 6.45) is 6.51. The molecule has 0 saturated heterocycles. The highest BCUT2D eigenvalue weighted by molar-refractivity contribution is 7.10. The van der Waals surface area contributed by atoms with Gasteiger partial charge in [0.05, 0.1) is 6.61 Å². The van der Waals surface area contributed by atoms with Gasteiger partial charge in [0.1, 0.15) is 10.7 Å². The van der Waals surface area contributed by atoms with E-state index < -0.39 is 0 Å². The molecule has 96 valence electrons. The molecule has 4 nitrogen and oxygen atoms in total. The van der Waals surface area contributed by atoms with Crippen LogP contribution < -0.4 is 5.32 Å². The first-order valence-corrected chi connectivity index (χ1v) is 7.30. The lowest BCUT2D eigenvalue weighted by atomic mass is 9.83. The third-order valence-electron chi connectivity index (χ3n) is 3.23. The van der Waals surface area contributed by atoms with Gasteiger partial charge in [0.2, 0.25) is 0 Å². The Bertz CT molecular complexity index is 325. The summed E-state index contributed by atoms with van der Waals surface area (Å²) in [7, 11) is 0. The largest absolute Gasteiger partial charge is 0.375 e. The van der Waals surface area contributed by atoms with Crippen molar-refractivity contribution in [2.75, 3.05) is 18.5 Å². The Hall–Kier alpha value is -0.680. The molecule has 0 unspecified atom stereocenters. The molecule has 1 aliphatic carbocycles. The van der Waals surface area contributed by atoms with Crippen molar-refractivity contribution in [3.05, 3.63) is 5.69 Å². The van der Waals surface area contributed by atoms with Crippen LogP contribution >= 0.6 is 11.5 Å². The lowest BCUT2D eigenvalue weighted by molar-refractivity contribution is 0.0932. The van der Waals surface area contributed by atoms with Crippen molar-refractivity contribution in [1.82, 2.24) is 9.59 Å². The van der Waals surface area contributed by atoms with Gasteiger partial charge >= 0.3 is 0 Å². The topological polar surface area (TPSA) is 47.0 Å². The molecule has 1 fully saturated rings. The Balaban J connectivity index is 1.64. The smallest absolute Gasteiger partial charge is 0.135 e. The third kappa shape index (κ3) is 3.92. The van der Waals surface area contributed by atoms with Crippen LogP contribution in [0.2, 0.25) is 0 Å². The van der Waals surface area contributed by atoms with Crippen LogP contribution in [-0.4, -0.2) is 22.7 Å². The number of anilines is 1. The van der Waals surface area contributed by atoms with E-state index in [1.54, 1.807) is 0 Å². The molecule has 2 rings (SSSR count). The van der Waals surface area contributed by atoms with Gasteiger partial charge in [-0.05, 0) is 18.8 Å². The Kier molecular flexibility index (Phi) is 5.19. The van der Waals surface area contributed by atoms with Crippen molar-refractivity contribution in [2.45, 2.75) is 45.6 Å². The van der Waals surface area contributed by atoms with Gasteiger partial charge in [0, 0.05) is 24.7 Å². The van der Waals surface area contributed by atoms with E-state index >= 15 is 0 Å². The van der Waals surface area contributed by atoms with Crippen LogP contribution in [0.3, 0.4) is 0 Å². The summed E-state index contributed by atoms with van der Waals surface area (Å²) < 4.78 is 9.63. The molecule has 0 bridgehead atoms. The number of hydrogen-bond acceptors (Lipinski definition) is 5. The highest BCUT2D eigenvalue weighted by Crippen LogP contribution is 2.29. The fraction of sp³-hybridized carbons (Fsp3) is 0.833. The van der Waals surface area contributed by atoms with Crippen LogP contribution in [0, 0.1) is 5.92 Å². The van der Waals surface area contributed by atoms with Gasteiger partial charge in [-0.25, -0.2) is 0 Å². The van der Waals surface area contributed by atoms with E-state index in [1.165, 1.54) is 37.2 Å². The van der Waals surface area contributed by atoms with Crippen molar-refractivity contribution < 1.29 is 4.74 Å². The van der Waals surface area contributed by atoms with Crippen molar-refractivity contribution in [1.29, 1.82) is 0 Å². The van der Waals surface area contributed by atoms with Crippen LogP contribution in [0.15, 0.2) is 0 Å². The molecule has 0 aromatic carbocycles. The van der Waals surface area contributed by atoms with Crippen LogP contribution in [0.1, 0.15) is 44.7 Å². The number of nitrogens with one attached hydrogen (secondary N) is 1. The first kappa shape index (κ1) is 12.8. The van der Waals surface area contributed by atoms with Gasteiger partial charge in [-0.3, -0.25) is 0 Å². The summed E-state index contributed by atoms with van der Waals surface area (Å²) in [6, 6.07) is 0. The molecule has 5 heteroatoms. The van der Waals surface area contributed by atoms with Crippen molar-refractivity contribution >= 4 is 16.5 Å². The second kappa shape index (κ2) is 6.91. The second-order valence-electron chi connectivity index (χ2n) is 4.61. The molecule has 0 spiro atoms. The van der Waals surface area contributed by atoms with E-state index in [2.05, 4.69) is 21.8 Å². The average molecular weight is 255 g/mol. The molecule has 17 heavy (non-hydrogen) atoms. The van der Waals surface area contributed by atoms with Crippen molar-refractivity contribution in [3.63, 3.8) is 0 Å². The van der Waals surface area contributed by atoms with Gasteiger partial charge < -0.3 is 10.1 Å². The first-order valence-electron chi connectivity index (χ1n) is 6.53. The summed E-state index contributed by atoms with van der Waals surface area (Å²) in [5.74, 6) is 0.918. The maximum Gasteiger partial charge on any atom is 0.135 e. The molecule has 0 aliphatic heterocycles. The number of aromatic nitrogens is 2. The molecule has 1 heterocycles. The minimum absolute atomic E-state index is 0.593. The predicted octanol–water partition coefficient (Wildman–Crippen LogP) is 3.07. The zero-order chi connectivity index (χ0) is 11.9. The summed E-state index contributed by atoms with van der Waals surface area (Å²) in [4.78, 5) is 0. The van der Waals surface area contributed by atoms with Crippen LogP contribution in [0.5, 0.6) is 0 Å². The van der Waals surface area contributed by atoms with Gasteiger partial charge in [-0.15, -0.1) is 5.10 Å². The molecule has 1 aliphatic rings. The standard InChI is InChI=1S/C12H21N3OS/c1-2-7-13-12-11(14-15-17-12)9-16-8-6-10-4-3-5-10/h10,13H,2-9H2,1H3. The Morgan fingerprint density at radius 1 is 1.47 bits per heavy atom. The third-order valence-corrected chi connectivity index (χ3v) is 3.95. The van der Waals surface area contributed by atoms with Gasteiger partial charge in [0.25, 0.3) is 0 Å². The van der Waals surface area contributed by atoms with E-state index in [-0.39, 0.29) is 0 Å². The SMILES string of the molecule is CCCNc1snnc1COCCC1CCC1. The molecule has 1 saturated carbocycles. The normalized spacial score (nSPS) is 15.8. The van der Waals surface area contributed by atoms with Crippen LogP contribution in [0.4, 0.5) is 5.00 Å². The van der Waals surface area contributed by atoms with Gasteiger partial charge in [-0.1, -0.05) is 30.7 Å². The van der Waals surface area contributed by atoms with E-state index in [1.807, 2.05) is 0 Å². The molecule has 1 aromatic heterocycles. The minimum Gasteiger partial charge on any atom is -0.375 e. The fourth-order valence-electron chi connectivity index (χ4n) is 1.88. The Morgan fingerprint density at radius 2 is 2.35 bits per heavy atom. The lowest BCUT2D eigenvalue weighted by Gasteiger charge is -2.24. The van der Waals surface area contributed by atoms with Crippen LogP contribution in [-0.2, 0) is 11.3 Å².